The Morgan fingerprint density at radius 1 is 1.00 bits per heavy atom. The molecule has 23 heavy (non-hydrogen) atoms. The second-order valence-corrected chi connectivity index (χ2v) is 7.58. The Balaban J connectivity index is 1.49. The zero-order valence-electron chi connectivity index (χ0n) is 13.0. The van der Waals surface area contributed by atoms with E-state index in [0.717, 1.165) is 52.7 Å². The molecule has 6 nitrogen and oxygen atoms in total. The molecular formula is C15H17N5OS2. The minimum Gasteiger partial charge on any atom is -0.497 e. The number of aromatic nitrogens is 3. The first-order chi connectivity index (χ1) is 11.2. The van der Waals surface area contributed by atoms with Gasteiger partial charge in [0.2, 0.25) is 5.13 Å². The molecule has 1 fully saturated rings. The van der Waals surface area contributed by atoms with E-state index in [1.165, 1.54) is 4.70 Å². The van der Waals surface area contributed by atoms with Gasteiger partial charge in [-0.2, -0.15) is 0 Å². The van der Waals surface area contributed by atoms with Gasteiger partial charge in [-0.25, -0.2) is 4.98 Å². The van der Waals surface area contributed by atoms with Crippen molar-refractivity contribution in [2.75, 3.05) is 43.1 Å². The summed E-state index contributed by atoms with van der Waals surface area (Å²) in [6, 6.07) is 6.03. The molecule has 2 aromatic heterocycles. The van der Waals surface area contributed by atoms with E-state index in [0.29, 0.717) is 0 Å². The average molecular weight is 347 g/mol. The molecule has 0 N–H and O–H groups in total. The summed E-state index contributed by atoms with van der Waals surface area (Å²) in [5.74, 6) is 0.879. The van der Waals surface area contributed by atoms with Gasteiger partial charge in [-0.1, -0.05) is 22.7 Å². The van der Waals surface area contributed by atoms with Gasteiger partial charge in [-0.15, -0.1) is 10.2 Å². The van der Waals surface area contributed by atoms with Crippen molar-refractivity contribution in [2.24, 2.45) is 0 Å². The van der Waals surface area contributed by atoms with Crippen molar-refractivity contribution in [3.63, 3.8) is 0 Å². The highest BCUT2D eigenvalue weighted by molar-refractivity contribution is 7.22. The van der Waals surface area contributed by atoms with Crippen molar-refractivity contribution in [1.82, 2.24) is 15.2 Å². The lowest BCUT2D eigenvalue weighted by atomic mass is 10.3. The summed E-state index contributed by atoms with van der Waals surface area (Å²) in [6.07, 6.45) is 0. The van der Waals surface area contributed by atoms with Gasteiger partial charge in [0.1, 0.15) is 10.8 Å². The number of fused-ring (bicyclic) bond motifs is 1. The Morgan fingerprint density at radius 2 is 1.74 bits per heavy atom. The molecule has 0 bridgehead atoms. The summed E-state index contributed by atoms with van der Waals surface area (Å²) in [6.45, 7) is 5.81. The topological polar surface area (TPSA) is 54.4 Å². The number of anilines is 2. The second kappa shape index (κ2) is 5.93. The third kappa shape index (κ3) is 2.84. The molecule has 0 unspecified atom stereocenters. The number of benzene rings is 1. The molecule has 0 amide bonds. The standard InChI is InChI=1S/C15H17N5OS2/c1-10-17-18-15(22-10)20-7-5-19(6-8-20)14-16-12-4-3-11(21-2)9-13(12)23-14/h3-4,9H,5-8H2,1-2H3. The van der Waals surface area contributed by atoms with E-state index in [4.69, 9.17) is 9.72 Å². The first-order valence-corrected chi connectivity index (χ1v) is 9.11. The number of rotatable bonds is 3. The Kier molecular flexibility index (Phi) is 3.78. The van der Waals surface area contributed by atoms with Gasteiger partial charge in [-0.3, -0.25) is 0 Å². The molecule has 0 saturated carbocycles. The van der Waals surface area contributed by atoms with Crippen LogP contribution in [0, 0.1) is 6.92 Å². The molecule has 1 aliphatic rings. The summed E-state index contributed by atoms with van der Waals surface area (Å²) in [4.78, 5) is 9.41. The highest BCUT2D eigenvalue weighted by atomic mass is 32.1. The number of nitrogens with zero attached hydrogens (tertiary/aromatic N) is 5. The number of hydrogen-bond acceptors (Lipinski definition) is 8. The highest BCUT2D eigenvalue weighted by Gasteiger charge is 2.22. The third-order valence-electron chi connectivity index (χ3n) is 3.92. The van der Waals surface area contributed by atoms with Crippen LogP contribution in [0.3, 0.4) is 0 Å². The van der Waals surface area contributed by atoms with Crippen molar-refractivity contribution >= 4 is 43.2 Å². The lowest BCUT2D eigenvalue weighted by molar-refractivity contribution is 0.415. The minimum absolute atomic E-state index is 0.879. The lowest BCUT2D eigenvalue weighted by Gasteiger charge is -2.34. The van der Waals surface area contributed by atoms with E-state index < -0.39 is 0 Å². The van der Waals surface area contributed by atoms with Crippen LogP contribution in [0.25, 0.3) is 10.2 Å². The molecule has 3 heterocycles. The first kappa shape index (κ1) is 14.6. The lowest BCUT2D eigenvalue weighted by Crippen LogP contribution is -2.46. The molecule has 0 spiro atoms. The minimum atomic E-state index is 0.879. The maximum absolute atomic E-state index is 5.29. The van der Waals surface area contributed by atoms with Crippen molar-refractivity contribution in [2.45, 2.75) is 6.92 Å². The van der Waals surface area contributed by atoms with Crippen LogP contribution in [0.15, 0.2) is 18.2 Å². The molecule has 8 heteroatoms. The summed E-state index contributed by atoms with van der Waals surface area (Å²) in [5, 5.41) is 11.5. The number of piperazine rings is 1. The smallest absolute Gasteiger partial charge is 0.208 e. The van der Waals surface area contributed by atoms with Gasteiger partial charge in [0, 0.05) is 26.2 Å². The monoisotopic (exact) mass is 347 g/mol. The van der Waals surface area contributed by atoms with Crippen LogP contribution in [-0.4, -0.2) is 48.5 Å². The summed E-state index contributed by atoms with van der Waals surface area (Å²) in [5.41, 5.74) is 1.04. The predicted molar refractivity (Wildman–Crippen MR) is 95.2 cm³/mol. The van der Waals surface area contributed by atoms with Crippen LogP contribution in [0.2, 0.25) is 0 Å². The SMILES string of the molecule is COc1ccc2nc(N3CCN(c4nnc(C)s4)CC3)sc2c1. The third-order valence-corrected chi connectivity index (χ3v) is 5.90. The molecule has 0 radical (unpaired) electrons. The Labute approximate surface area is 142 Å². The van der Waals surface area contributed by atoms with E-state index in [1.807, 2.05) is 19.1 Å². The summed E-state index contributed by atoms with van der Waals surface area (Å²) >= 11 is 3.38. The average Bonchev–Trinajstić information content (AvgIpc) is 3.20. The van der Waals surface area contributed by atoms with Gasteiger partial charge in [0.25, 0.3) is 0 Å². The Bertz CT molecular complexity index is 822. The van der Waals surface area contributed by atoms with E-state index >= 15 is 0 Å². The van der Waals surface area contributed by atoms with E-state index in [1.54, 1.807) is 29.8 Å². The Hall–Kier alpha value is -1.93. The molecule has 1 aromatic carbocycles. The van der Waals surface area contributed by atoms with Crippen molar-refractivity contribution in [3.8, 4) is 5.75 Å². The fourth-order valence-electron chi connectivity index (χ4n) is 2.66. The molecule has 3 aromatic rings. The van der Waals surface area contributed by atoms with Crippen LogP contribution in [0.4, 0.5) is 10.3 Å². The number of thiazole rings is 1. The number of aryl methyl sites for hydroxylation is 1. The normalized spacial score (nSPS) is 15.4. The van der Waals surface area contributed by atoms with Crippen molar-refractivity contribution in [1.29, 1.82) is 0 Å². The van der Waals surface area contributed by atoms with Crippen molar-refractivity contribution in [3.05, 3.63) is 23.2 Å². The van der Waals surface area contributed by atoms with Crippen LogP contribution < -0.4 is 14.5 Å². The van der Waals surface area contributed by atoms with Gasteiger partial charge < -0.3 is 14.5 Å². The summed E-state index contributed by atoms with van der Waals surface area (Å²) in [7, 11) is 1.69. The second-order valence-electron chi connectivity index (χ2n) is 5.41. The quantitative estimate of drug-likeness (QED) is 0.726. The van der Waals surface area contributed by atoms with Gasteiger partial charge in [0.15, 0.2) is 5.13 Å². The van der Waals surface area contributed by atoms with Crippen molar-refractivity contribution < 1.29 is 4.74 Å². The largest absolute Gasteiger partial charge is 0.497 e. The molecule has 1 saturated heterocycles. The Morgan fingerprint density at radius 3 is 2.39 bits per heavy atom. The molecular weight excluding hydrogens is 330 g/mol. The van der Waals surface area contributed by atoms with Crippen LogP contribution in [0.1, 0.15) is 5.01 Å². The van der Waals surface area contributed by atoms with E-state index in [-0.39, 0.29) is 0 Å². The zero-order valence-corrected chi connectivity index (χ0v) is 14.7. The van der Waals surface area contributed by atoms with Gasteiger partial charge >= 0.3 is 0 Å². The number of methoxy groups -OCH3 is 1. The fourth-order valence-corrected chi connectivity index (χ4v) is 4.44. The molecule has 4 rings (SSSR count). The molecule has 0 aliphatic carbocycles. The molecule has 0 atom stereocenters. The highest BCUT2D eigenvalue weighted by Crippen LogP contribution is 2.32. The number of hydrogen-bond donors (Lipinski definition) is 0. The maximum atomic E-state index is 5.29. The summed E-state index contributed by atoms with van der Waals surface area (Å²) < 4.78 is 6.46. The molecule has 1 aliphatic heterocycles. The van der Waals surface area contributed by atoms with Gasteiger partial charge in [-0.05, 0) is 25.1 Å². The fraction of sp³-hybridized carbons (Fsp3) is 0.400. The van der Waals surface area contributed by atoms with Crippen LogP contribution >= 0.6 is 22.7 Å². The number of ether oxygens (including phenoxy) is 1. The van der Waals surface area contributed by atoms with Gasteiger partial charge in [0.05, 0.1) is 17.3 Å². The van der Waals surface area contributed by atoms with E-state index in [9.17, 15) is 0 Å². The van der Waals surface area contributed by atoms with E-state index in [2.05, 4.69) is 26.1 Å². The predicted octanol–water partition coefficient (Wildman–Crippen LogP) is 2.79. The zero-order chi connectivity index (χ0) is 15.8. The maximum Gasteiger partial charge on any atom is 0.208 e. The van der Waals surface area contributed by atoms with Crippen LogP contribution in [0.5, 0.6) is 5.75 Å². The molecule has 120 valence electrons. The first-order valence-electron chi connectivity index (χ1n) is 7.47. The van der Waals surface area contributed by atoms with Crippen LogP contribution in [-0.2, 0) is 0 Å².